The minimum atomic E-state index is -1.58. The molecular formula is C19H25BrF2N2O3S. The molecular weight excluding hydrogens is 454 g/mol. The van der Waals surface area contributed by atoms with E-state index in [9.17, 15) is 18.1 Å². The van der Waals surface area contributed by atoms with Crippen LogP contribution in [0, 0.1) is 25.5 Å². The minimum absolute atomic E-state index is 0.0350. The quantitative estimate of drug-likeness (QED) is 0.588. The predicted molar refractivity (Wildman–Crippen MR) is 108 cm³/mol. The van der Waals surface area contributed by atoms with E-state index in [1.54, 1.807) is 41.5 Å². The van der Waals surface area contributed by atoms with Crippen molar-refractivity contribution in [1.29, 1.82) is 0 Å². The van der Waals surface area contributed by atoms with Crippen molar-refractivity contribution >= 4 is 26.9 Å². The van der Waals surface area contributed by atoms with Gasteiger partial charge in [-0.1, -0.05) is 5.16 Å². The van der Waals surface area contributed by atoms with Gasteiger partial charge in [-0.25, -0.2) is 17.7 Å². The Morgan fingerprint density at radius 1 is 1.25 bits per heavy atom. The largest absolute Gasteiger partial charge is 0.388 e. The summed E-state index contributed by atoms with van der Waals surface area (Å²) in [5, 5.41) is 14.7. The van der Waals surface area contributed by atoms with Gasteiger partial charge in [0.1, 0.15) is 17.4 Å². The maximum Gasteiger partial charge on any atom is 0.140 e. The minimum Gasteiger partial charge on any atom is -0.388 e. The van der Waals surface area contributed by atoms with Gasteiger partial charge in [-0.15, -0.1) is 0 Å². The number of aromatic nitrogens is 1. The first-order valence-corrected chi connectivity index (χ1v) is 10.7. The van der Waals surface area contributed by atoms with E-state index in [1.165, 1.54) is 6.07 Å². The van der Waals surface area contributed by atoms with Crippen LogP contribution in [0.1, 0.15) is 62.8 Å². The number of nitrogens with one attached hydrogen (secondary N) is 1. The summed E-state index contributed by atoms with van der Waals surface area (Å²) in [6, 6.07) is 2.07. The fraction of sp³-hybridized carbons (Fsp3) is 0.526. The second-order valence-electron chi connectivity index (χ2n) is 8.02. The molecule has 0 aliphatic rings. The summed E-state index contributed by atoms with van der Waals surface area (Å²) in [4.78, 5) is 0. The van der Waals surface area contributed by atoms with E-state index < -0.39 is 39.0 Å². The second-order valence-corrected chi connectivity index (χ2v) is 10.8. The van der Waals surface area contributed by atoms with Crippen LogP contribution in [0.15, 0.2) is 21.1 Å². The van der Waals surface area contributed by atoms with Gasteiger partial charge in [0.05, 0.1) is 37.5 Å². The molecule has 0 bridgehead atoms. The van der Waals surface area contributed by atoms with Gasteiger partial charge in [0.15, 0.2) is 0 Å². The molecule has 0 radical (unpaired) electrons. The fourth-order valence-electron chi connectivity index (χ4n) is 2.96. The molecule has 1 aromatic carbocycles. The normalized spacial score (nSPS) is 16.6. The van der Waals surface area contributed by atoms with Gasteiger partial charge in [0.25, 0.3) is 0 Å². The average molecular weight is 479 g/mol. The lowest BCUT2D eigenvalue weighted by molar-refractivity contribution is 0.129. The number of aryl methyl sites for hydroxylation is 2. The van der Waals surface area contributed by atoms with E-state index in [4.69, 9.17) is 4.52 Å². The Balaban J connectivity index is 2.53. The van der Waals surface area contributed by atoms with Gasteiger partial charge in [-0.05, 0) is 63.5 Å². The van der Waals surface area contributed by atoms with E-state index in [0.29, 0.717) is 17.0 Å². The molecule has 2 unspecified atom stereocenters. The van der Waals surface area contributed by atoms with Crippen LogP contribution in [-0.2, 0) is 16.5 Å². The third-order valence-electron chi connectivity index (χ3n) is 4.50. The summed E-state index contributed by atoms with van der Waals surface area (Å²) in [5.41, 5.74) is -0.168. The summed E-state index contributed by atoms with van der Waals surface area (Å²) in [5.74, 6) is -1.09. The molecule has 9 heteroatoms. The fourth-order valence-corrected chi connectivity index (χ4v) is 4.22. The van der Waals surface area contributed by atoms with Crippen LogP contribution in [0.2, 0.25) is 0 Å². The topological polar surface area (TPSA) is 75.4 Å². The molecule has 0 fully saturated rings. The first-order chi connectivity index (χ1) is 12.8. The second kappa shape index (κ2) is 8.30. The molecule has 2 aromatic rings. The monoisotopic (exact) mass is 478 g/mol. The number of hydrogen-bond acceptors (Lipinski definition) is 4. The Hall–Kier alpha value is -1.16. The Kier molecular flexibility index (Phi) is 6.85. The first kappa shape index (κ1) is 23.1. The Bertz CT molecular complexity index is 879. The molecule has 0 saturated carbocycles. The molecule has 2 N–H and O–H groups in total. The number of hydrogen-bond donors (Lipinski definition) is 2. The van der Waals surface area contributed by atoms with Crippen molar-refractivity contribution in [2.75, 3.05) is 0 Å². The molecule has 28 heavy (non-hydrogen) atoms. The maximum absolute atomic E-state index is 14.7. The molecule has 2 rings (SSSR count). The number of benzene rings is 1. The highest BCUT2D eigenvalue weighted by Crippen LogP contribution is 2.38. The highest BCUT2D eigenvalue weighted by molar-refractivity contribution is 9.10. The van der Waals surface area contributed by atoms with Crippen molar-refractivity contribution in [2.45, 2.75) is 64.4 Å². The SMILES string of the molecule is Cc1noc(C)c1[C@H](O)CC(C)(NS(=O)C(C)(C)C)c1cc(Br)c(F)cc1F. The number of rotatable bonds is 6. The van der Waals surface area contributed by atoms with Crippen molar-refractivity contribution in [1.82, 2.24) is 9.88 Å². The zero-order valence-electron chi connectivity index (χ0n) is 16.7. The third kappa shape index (κ3) is 4.87. The van der Waals surface area contributed by atoms with Gasteiger partial charge in [-0.2, -0.15) is 0 Å². The summed E-state index contributed by atoms with van der Waals surface area (Å²) < 4.78 is 48.8. The molecule has 0 saturated heterocycles. The average Bonchev–Trinajstić information content (AvgIpc) is 2.88. The van der Waals surface area contributed by atoms with E-state index in [0.717, 1.165) is 6.07 Å². The van der Waals surface area contributed by atoms with Crippen molar-refractivity contribution in [3.05, 3.63) is 50.8 Å². The molecule has 5 nitrogen and oxygen atoms in total. The van der Waals surface area contributed by atoms with Crippen LogP contribution >= 0.6 is 15.9 Å². The van der Waals surface area contributed by atoms with E-state index in [2.05, 4.69) is 25.8 Å². The standard InChI is InChI=1S/C19H25BrF2N2O3S/c1-10-17(11(2)27-23-10)16(25)9-19(6,24-28(26)18(3,4)5)12-7-13(20)15(22)8-14(12)21/h7-8,16,24-25H,9H2,1-6H3/t16-,19?,28?/m1/s1. The summed E-state index contributed by atoms with van der Waals surface area (Å²) in [6.45, 7) is 10.3. The van der Waals surface area contributed by atoms with Gasteiger partial charge in [0, 0.05) is 23.6 Å². The smallest absolute Gasteiger partial charge is 0.140 e. The van der Waals surface area contributed by atoms with Crippen LogP contribution in [-0.4, -0.2) is 19.2 Å². The number of nitrogens with zero attached hydrogens (tertiary/aromatic N) is 1. The van der Waals surface area contributed by atoms with Gasteiger partial charge < -0.3 is 9.63 Å². The van der Waals surface area contributed by atoms with Crippen LogP contribution in [0.4, 0.5) is 8.78 Å². The van der Waals surface area contributed by atoms with Crippen molar-refractivity contribution in [3.63, 3.8) is 0 Å². The lowest BCUT2D eigenvalue weighted by atomic mass is 9.85. The maximum atomic E-state index is 14.7. The van der Waals surface area contributed by atoms with Crippen LogP contribution in [0.25, 0.3) is 0 Å². The van der Waals surface area contributed by atoms with Crippen LogP contribution in [0.3, 0.4) is 0 Å². The van der Waals surface area contributed by atoms with E-state index in [1.807, 2.05) is 0 Å². The lowest BCUT2D eigenvalue weighted by Crippen LogP contribution is -2.47. The van der Waals surface area contributed by atoms with Gasteiger partial charge in [-0.3, -0.25) is 0 Å². The summed E-state index contributed by atoms with van der Waals surface area (Å²) >= 11 is 3.07. The Morgan fingerprint density at radius 3 is 2.36 bits per heavy atom. The highest BCUT2D eigenvalue weighted by atomic mass is 79.9. The molecule has 1 aromatic heterocycles. The molecule has 0 spiro atoms. The van der Waals surface area contributed by atoms with E-state index in [-0.39, 0.29) is 16.5 Å². The van der Waals surface area contributed by atoms with Gasteiger partial charge in [0.2, 0.25) is 0 Å². The number of halogens is 3. The number of aliphatic hydroxyl groups is 1. The highest BCUT2D eigenvalue weighted by Gasteiger charge is 2.38. The molecule has 3 atom stereocenters. The van der Waals surface area contributed by atoms with Crippen LogP contribution < -0.4 is 4.72 Å². The van der Waals surface area contributed by atoms with Crippen molar-refractivity contribution < 1.29 is 22.6 Å². The van der Waals surface area contributed by atoms with Crippen LogP contribution in [0.5, 0.6) is 0 Å². The van der Waals surface area contributed by atoms with Crippen molar-refractivity contribution in [2.24, 2.45) is 0 Å². The first-order valence-electron chi connectivity index (χ1n) is 8.72. The molecule has 0 amide bonds. The Labute approximate surface area is 174 Å². The lowest BCUT2D eigenvalue weighted by Gasteiger charge is -2.35. The number of aliphatic hydroxyl groups excluding tert-OH is 1. The molecule has 1 heterocycles. The van der Waals surface area contributed by atoms with E-state index >= 15 is 0 Å². The summed E-state index contributed by atoms with van der Waals surface area (Å²) in [6.07, 6.45) is -1.10. The summed E-state index contributed by atoms with van der Waals surface area (Å²) in [7, 11) is -1.58. The molecule has 0 aliphatic heterocycles. The third-order valence-corrected chi connectivity index (χ3v) is 6.86. The Morgan fingerprint density at radius 2 is 1.86 bits per heavy atom. The zero-order chi connectivity index (χ0) is 21.4. The molecule has 156 valence electrons. The van der Waals surface area contributed by atoms with Gasteiger partial charge >= 0.3 is 0 Å². The predicted octanol–water partition coefficient (Wildman–Crippen LogP) is 4.72. The molecule has 0 aliphatic carbocycles. The zero-order valence-corrected chi connectivity index (χ0v) is 19.1. The van der Waals surface area contributed by atoms with Crippen molar-refractivity contribution in [3.8, 4) is 0 Å².